The predicted octanol–water partition coefficient (Wildman–Crippen LogP) is 0.456. The Hall–Kier alpha value is -1.51. The number of nitrogens with zero attached hydrogens (tertiary/aromatic N) is 2. The van der Waals surface area contributed by atoms with Crippen molar-refractivity contribution in [3.05, 3.63) is 30.1 Å². The summed E-state index contributed by atoms with van der Waals surface area (Å²) in [6.07, 6.45) is 0. The fourth-order valence-corrected chi connectivity index (χ4v) is 3.81. The summed E-state index contributed by atoms with van der Waals surface area (Å²) in [4.78, 5) is 1.65. The average Bonchev–Trinajstić information content (AvgIpc) is 2.46. The monoisotopic (exact) mass is 314 g/mol. The zero-order valence-corrected chi connectivity index (χ0v) is 12.6. The van der Waals surface area contributed by atoms with E-state index in [0.717, 1.165) is 6.07 Å². The van der Waals surface area contributed by atoms with E-state index in [1.165, 1.54) is 22.5 Å². The molecule has 1 saturated heterocycles. The van der Waals surface area contributed by atoms with Crippen LogP contribution in [0.3, 0.4) is 0 Å². The number of hydrogen-bond acceptors (Lipinski definition) is 4. The van der Waals surface area contributed by atoms with Crippen molar-refractivity contribution in [1.29, 1.82) is 5.41 Å². The highest BCUT2D eigenvalue weighted by atomic mass is 32.2. The Morgan fingerprint density at radius 3 is 2.38 bits per heavy atom. The maximum absolute atomic E-state index is 13.7. The number of nitrogens with two attached hydrogens (primary N) is 1. The Morgan fingerprint density at radius 2 is 1.86 bits per heavy atom. The highest BCUT2D eigenvalue weighted by Crippen LogP contribution is 2.20. The summed E-state index contributed by atoms with van der Waals surface area (Å²) in [6.45, 7) is 3.26. The first-order valence-corrected chi connectivity index (χ1v) is 8.10. The second-order valence-electron chi connectivity index (χ2n) is 5.00. The summed E-state index contributed by atoms with van der Waals surface area (Å²) in [5.41, 5.74) is 5.46. The van der Waals surface area contributed by atoms with Crippen molar-refractivity contribution in [1.82, 2.24) is 9.21 Å². The lowest BCUT2D eigenvalue weighted by atomic mass is 10.2. The van der Waals surface area contributed by atoms with Gasteiger partial charge in [0.15, 0.2) is 0 Å². The normalized spacial score (nSPS) is 19.3. The first-order valence-electron chi connectivity index (χ1n) is 6.66. The van der Waals surface area contributed by atoms with Gasteiger partial charge in [0.1, 0.15) is 16.5 Å². The predicted molar refractivity (Wildman–Crippen MR) is 78.1 cm³/mol. The summed E-state index contributed by atoms with van der Waals surface area (Å²) >= 11 is 0. The Kier molecular flexibility index (Phi) is 4.60. The third-order valence-electron chi connectivity index (χ3n) is 3.73. The molecule has 0 saturated carbocycles. The highest BCUT2D eigenvalue weighted by Gasteiger charge is 2.31. The van der Waals surface area contributed by atoms with E-state index in [2.05, 4.69) is 0 Å². The van der Waals surface area contributed by atoms with Crippen molar-refractivity contribution in [3.63, 3.8) is 0 Å². The van der Waals surface area contributed by atoms with E-state index in [0.29, 0.717) is 13.1 Å². The van der Waals surface area contributed by atoms with Crippen molar-refractivity contribution < 1.29 is 12.8 Å². The van der Waals surface area contributed by atoms with Gasteiger partial charge in [-0.25, -0.2) is 12.8 Å². The lowest BCUT2D eigenvalue weighted by Gasteiger charge is -2.36. The molecule has 1 aliphatic rings. The Balaban J connectivity index is 2.12. The molecule has 1 aliphatic heterocycles. The zero-order valence-electron chi connectivity index (χ0n) is 11.8. The van der Waals surface area contributed by atoms with Gasteiger partial charge in [-0.3, -0.25) is 10.3 Å². The van der Waals surface area contributed by atoms with Gasteiger partial charge in [0.25, 0.3) is 0 Å². The third kappa shape index (κ3) is 3.22. The first kappa shape index (κ1) is 15.9. The van der Waals surface area contributed by atoms with Crippen LogP contribution in [0.5, 0.6) is 0 Å². The number of nitrogens with one attached hydrogen (secondary N) is 1. The molecule has 116 valence electrons. The second kappa shape index (κ2) is 6.08. The van der Waals surface area contributed by atoms with Gasteiger partial charge in [0.05, 0.1) is 6.04 Å². The average molecular weight is 314 g/mol. The number of halogens is 1. The molecule has 1 heterocycles. The number of rotatable bonds is 4. The van der Waals surface area contributed by atoms with E-state index in [1.807, 2.05) is 11.8 Å². The van der Waals surface area contributed by atoms with E-state index < -0.39 is 15.8 Å². The molecule has 3 N–H and O–H groups in total. The molecule has 1 unspecified atom stereocenters. The Bertz CT molecular complexity index is 627. The van der Waals surface area contributed by atoms with Crippen LogP contribution in [0.25, 0.3) is 0 Å². The van der Waals surface area contributed by atoms with E-state index in [-0.39, 0.29) is 29.9 Å². The Labute approximate surface area is 123 Å². The van der Waals surface area contributed by atoms with Gasteiger partial charge in [-0.2, -0.15) is 4.31 Å². The molecular formula is C13H19FN4O2S. The van der Waals surface area contributed by atoms with Gasteiger partial charge in [-0.15, -0.1) is 0 Å². The number of sulfonamides is 1. The van der Waals surface area contributed by atoms with Crippen LogP contribution in [-0.2, 0) is 10.0 Å². The van der Waals surface area contributed by atoms with Gasteiger partial charge in [-0.1, -0.05) is 12.1 Å². The van der Waals surface area contributed by atoms with Crippen LogP contribution < -0.4 is 5.73 Å². The summed E-state index contributed by atoms with van der Waals surface area (Å²) in [6, 6.07) is 5.16. The van der Waals surface area contributed by atoms with Crippen LogP contribution in [0.1, 0.15) is 6.92 Å². The molecule has 0 amide bonds. The molecular weight excluding hydrogens is 295 g/mol. The molecule has 1 aromatic carbocycles. The van der Waals surface area contributed by atoms with Crippen molar-refractivity contribution in [3.8, 4) is 0 Å². The molecule has 8 heteroatoms. The molecule has 0 aliphatic carbocycles. The molecule has 21 heavy (non-hydrogen) atoms. The number of amidine groups is 1. The van der Waals surface area contributed by atoms with Gasteiger partial charge in [-0.05, 0) is 19.1 Å². The minimum absolute atomic E-state index is 0.0559. The van der Waals surface area contributed by atoms with Crippen LogP contribution in [0.15, 0.2) is 29.2 Å². The molecule has 1 atom stereocenters. The third-order valence-corrected chi connectivity index (χ3v) is 5.66. The van der Waals surface area contributed by atoms with Gasteiger partial charge in [0.2, 0.25) is 10.0 Å². The van der Waals surface area contributed by atoms with Crippen LogP contribution in [0.4, 0.5) is 4.39 Å². The van der Waals surface area contributed by atoms with Crippen LogP contribution in [0, 0.1) is 11.2 Å². The topological polar surface area (TPSA) is 90.5 Å². The van der Waals surface area contributed by atoms with Crippen LogP contribution >= 0.6 is 0 Å². The summed E-state index contributed by atoms with van der Waals surface area (Å²) in [5.74, 6) is -0.683. The van der Waals surface area contributed by atoms with E-state index in [9.17, 15) is 12.8 Å². The number of hydrogen-bond donors (Lipinski definition) is 2. The van der Waals surface area contributed by atoms with Gasteiger partial charge < -0.3 is 5.73 Å². The number of piperazine rings is 1. The second-order valence-corrected chi connectivity index (χ2v) is 6.91. The van der Waals surface area contributed by atoms with Crippen molar-refractivity contribution in [2.24, 2.45) is 5.73 Å². The maximum atomic E-state index is 13.7. The van der Waals surface area contributed by atoms with E-state index in [4.69, 9.17) is 11.1 Å². The lowest BCUT2D eigenvalue weighted by Crippen LogP contribution is -2.54. The fraction of sp³-hybridized carbons (Fsp3) is 0.462. The molecule has 0 spiro atoms. The quantitative estimate of drug-likeness (QED) is 0.624. The Morgan fingerprint density at radius 1 is 1.29 bits per heavy atom. The van der Waals surface area contributed by atoms with Gasteiger partial charge >= 0.3 is 0 Å². The van der Waals surface area contributed by atoms with E-state index >= 15 is 0 Å². The molecule has 1 aromatic rings. The SMILES string of the molecule is CC(C(=N)N)N1CCN(S(=O)(=O)c2ccccc2F)CC1. The largest absolute Gasteiger partial charge is 0.386 e. The fourth-order valence-electron chi connectivity index (χ4n) is 2.32. The number of benzene rings is 1. The van der Waals surface area contributed by atoms with Crippen LogP contribution in [-0.4, -0.2) is 55.7 Å². The summed E-state index contributed by atoms with van der Waals surface area (Å²) < 4.78 is 39.8. The van der Waals surface area contributed by atoms with Crippen molar-refractivity contribution in [2.45, 2.75) is 17.9 Å². The van der Waals surface area contributed by atoms with Crippen molar-refractivity contribution >= 4 is 15.9 Å². The molecule has 0 bridgehead atoms. The maximum Gasteiger partial charge on any atom is 0.246 e. The first-order chi connectivity index (χ1) is 9.84. The smallest absolute Gasteiger partial charge is 0.246 e. The molecule has 0 radical (unpaired) electrons. The molecule has 6 nitrogen and oxygen atoms in total. The standard InChI is InChI=1S/C13H19FN4O2S/c1-10(13(15)16)17-6-8-18(9-7-17)21(19,20)12-5-3-2-4-11(12)14/h2-5,10H,6-9H2,1H3,(H3,15,16). The summed E-state index contributed by atoms with van der Waals surface area (Å²) in [5, 5.41) is 7.43. The minimum atomic E-state index is -3.82. The summed E-state index contributed by atoms with van der Waals surface area (Å²) in [7, 11) is -3.82. The zero-order chi connectivity index (χ0) is 15.6. The molecule has 0 aromatic heterocycles. The van der Waals surface area contributed by atoms with Gasteiger partial charge in [0, 0.05) is 26.2 Å². The minimum Gasteiger partial charge on any atom is -0.386 e. The van der Waals surface area contributed by atoms with Crippen LogP contribution in [0.2, 0.25) is 0 Å². The molecule has 1 fully saturated rings. The van der Waals surface area contributed by atoms with E-state index in [1.54, 1.807) is 0 Å². The lowest BCUT2D eigenvalue weighted by molar-refractivity contribution is 0.173. The molecule has 2 rings (SSSR count). The van der Waals surface area contributed by atoms with Crippen molar-refractivity contribution in [2.75, 3.05) is 26.2 Å². The highest BCUT2D eigenvalue weighted by molar-refractivity contribution is 7.89.